The number of pyridine rings is 1. The number of hydrogen-bond acceptors (Lipinski definition) is 3. The maximum atomic E-state index is 10.4. The van der Waals surface area contributed by atoms with Crippen LogP contribution in [0.5, 0.6) is 5.75 Å². The van der Waals surface area contributed by atoms with Crippen LogP contribution in [0.4, 0.5) is 5.69 Å². The van der Waals surface area contributed by atoms with Crippen molar-refractivity contribution in [2.45, 2.75) is 0 Å². The second kappa shape index (κ2) is 3.96. The van der Waals surface area contributed by atoms with Gasteiger partial charge in [0, 0.05) is 11.6 Å². The van der Waals surface area contributed by atoms with Gasteiger partial charge in [0.2, 0.25) is 6.41 Å². The number of benzene rings is 1. The third-order valence-corrected chi connectivity index (χ3v) is 2.14. The molecule has 0 spiro atoms. The van der Waals surface area contributed by atoms with E-state index >= 15 is 0 Å². The van der Waals surface area contributed by atoms with Gasteiger partial charge in [0.25, 0.3) is 0 Å². The maximum absolute atomic E-state index is 10.4. The van der Waals surface area contributed by atoms with Crippen LogP contribution in [-0.2, 0) is 4.79 Å². The van der Waals surface area contributed by atoms with E-state index in [0.717, 1.165) is 10.9 Å². The molecule has 0 aliphatic heterocycles. The van der Waals surface area contributed by atoms with Gasteiger partial charge in [-0.15, -0.1) is 0 Å². The van der Waals surface area contributed by atoms with Crippen LogP contribution in [0.2, 0.25) is 0 Å². The standard InChI is InChI=1S/C11H10N2O2/c1-15-11-5-8-3-2-4-12-9(8)6-10(11)13-7-14/h2-7H,1H3,(H,13,14). The molecule has 0 fully saturated rings. The number of rotatable bonds is 3. The van der Waals surface area contributed by atoms with E-state index < -0.39 is 0 Å². The minimum Gasteiger partial charge on any atom is -0.495 e. The molecule has 4 nitrogen and oxygen atoms in total. The molecule has 15 heavy (non-hydrogen) atoms. The van der Waals surface area contributed by atoms with Crippen LogP contribution in [0.25, 0.3) is 10.9 Å². The Morgan fingerprint density at radius 2 is 2.33 bits per heavy atom. The number of carbonyl (C=O) groups is 1. The van der Waals surface area contributed by atoms with E-state index in [1.54, 1.807) is 19.4 Å². The molecule has 4 heteroatoms. The van der Waals surface area contributed by atoms with Gasteiger partial charge in [0.15, 0.2) is 0 Å². The molecule has 1 N–H and O–H groups in total. The van der Waals surface area contributed by atoms with Gasteiger partial charge in [-0.1, -0.05) is 6.07 Å². The molecule has 0 aliphatic rings. The number of aromatic nitrogens is 1. The first kappa shape index (κ1) is 9.45. The molecule has 1 aromatic heterocycles. The fourth-order valence-electron chi connectivity index (χ4n) is 1.44. The van der Waals surface area contributed by atoms with Gasteiger partial charge in [0.05, 0.1) is 18.3 Å². The van der Waals surface area contributed by atoms with Crippen molar-refractivity contribution >= 4 is 23.0 Å². The number of anilines is 1. The van der Waals surface area contributed by atoms with Crippen molar-refractivity contribution in [1.29, 1.82) is 0 Å². The highest BCUT2D eigenvalue weighted by molar-refractivity contribution is 5.88. The summed E-state index contributed by atoms with van der Waals surface area (Å²) in [5.41, 5.74) is 1.45. The average Bonchev–Trinajstić information content (AvgIpc) is 2.28. The molecule has 0 radical (unpaired) electrons. The smallest absolute Gasteiger partial charge is 0.211 e. The van der Waals surface area contributed by atoms with Gasteiger partial charge in [-0.25, -0.2) is 0 Å². The van der Waals surface area contributed by atoms with Gasteiger partial charge in [-0.05, 0) is 18.2 Å². The highest BCUT2D eigenvalue weighted by atomic mass is 16.5. The second-order valence-corrected chi connectivity index (χ2v) is 3.01. The van der Waals surface area contributed by atoms with E-state index in [4.69, 9.17) is 4.74 Å². The van der Waals surface area contributed by atoms with Gasteiger partial charge in [-0.3, -0.25) is 9.78 Å². The lowest BCUT2D eigenvalue weighted by molar-refractivity contribution is -0.105. The average molecular weight is 202 g/mol. The first-order valence-corrected chi connectivity index (χ1v) is 4.48. The van der Waals surface area contributed by atoms with E-state index in [2.05, 4.69) is 10.3 Å². The number of nitrogens with one attached hydrogen (secondary N) is 1. The molecule has 1 aromatic carbocycles. The van der Waals surface area contributed by atoms with Crippen molar-refractivity contribution in [3.05, 3.63) is 30.5 Å². The third-order valence-electron chi connectivity index (χ3n) is 2.14. The SMILES string of the molecule is COc1cc2cccnc2cc1NC=O. The zero-order valence-corrected chi connectivity index (χ0v) is 8.23. The van der Waals surface area contributed by atoms with E-state index in [0.29, 0.717) is 17.8 Å². The predicted octanol–water partition coefficient (Wildman–Crippen LogP) is 1.81. The molecule has 0 atom stereocenters. The monoisotopic (exact) mass is 202 g/mol. The molecule has 1 amide bonds. The van der Waals surface area contributed by atoms with Crippen molar-refractivity contribution in [1.82, 2.24) is 4.98 Å². The molecule has 2 aromatic rings. The van der Waals surface area contributed by atoms with Crippen molar-refractivity contribution in [3.8, 4) is 5.75 Å². The highest BCUT2D eigenvalue weighted by Gasteiger charge is 2.04. The Hall–Kier alpha value is -2.10. The van der Waals surface area contributed by atoms with E-state index in [9.17, 15) is 4.79 Å². The summed E-state index contributed by atoms with van der Waals surface area (Å²) in [6.45, 7) is 0. The molecule has 0 unspecified atom stereocenters. The van der Waals surface area contributed by atoms with Crippen molar-refractivity contribution in [2.75, 3.05) is 12.4 Å². The van der Waals surface area contributed by atoms with Crippen LogP contribution in [0.1, 0.15) is 0 Å². The Morgan fingerprint density at radius 3 is 3.07 bits per heavy atom. The molecule has 2 rings (SSSR count). The van der Waals surface area contributed by atoms with Crippen molar-refractivity contribution in [3.63, 3.8) is 0 Å². The van der Waals surface area contributed by atoms with Crippen LogP contribution >= 0.6 is 0 Å². The lowest BCUT2D eigenvalue weighted by Crippen LogP contribution is -1.97. The lowest BCUT2D eigenvalue weighted by atomic mass is 10.2. The van der Waals surface area contributed by atoms with Crippen LogP contribution in [0.15, 0.2) is 30.5 Å². The second-order valence-electron chi connectivity index (χ2n) is 3.01. The topological polar surface area (TPSA) is 51.2 Å². The highest BCUT2D eigenvalue weighted by Crippen LogP contribution is 2.28. The van der Waals surface area contributed by atoms with Crippen LogP contribution in [0.3, 0.4) is 0 Å². The maximum Gasteiger partial charge on any atom is 0.211 e. The Labute approximate surface area is 86.9 Å². The zero-order valence-electron chi connectivity index (χ0n) is 8.23. The Kier molecular flexibility index (Phi) is 2.49. The van der Waals surface area contributed by atoms with Crippen molar-refractivity contribution < 1.29 is 9.53 Å². The van der Waals surface area contributed by atoms with Gasteiger partial charge in [0.1, 0.15) is 5.75 Å². The van der Waals surface area contributed by atoms with E-state index in [-0.39, 0.29) is 0 Å². The first-order chi connectivity index (χ1) is 7.35. The van der Waals surface area contributed by atoms with Crippen LogP contribution in [0, 0.1) is 0 Å². The quantitative estimate of drug-likeness (QED) is 0.772. The predicted molar refractivity (Wildman–Crippen MR) is 58.0 cm³/mol. The summed E-state index contributed by atoms with van der Waals surface area (Å²) in [4.78, 5) is 14.6. The molecule has 1 heterocycles. The van der Waals surface area contributed by atoms with E-state index in [1.165, 1.54) is 0 Å². The minimum absolute atomic E-state index is 0.618. The molecule has 0 saturated heterocycles. The zero-order chi connectivity index (χ0) is 10.7. The summed E-state index contributed by atoms with van der Waals surface area (Å²) in [6.07, 6.45) is 2.33. The Bertz CT molecular complexity index is 497. The number of amides is 1. The minimum atomic E-state index is 0.618. The summed E-state index contributed by atoms with van der Waals surface area (Å²) in [6, 6.07) is 7.42. The largest absolute Gasteiger partial charge is 0.495 e. The molecule has 0 bridgehead atoms. The molecule has 0 aliphatic carbocycles. The number of carbonyl (C=O) groups excluding carboxylic acids is 1. The fourth-order valence-corrected chi connectivity index (χ4v) is 1.44. The molecule has 76 valence electrons. The number of hydrogen-bond donors (Lipinski definition) is 1. The van der Waals surface area contributed by atoms with Crippen LogP contribution in [-0.4, -0.2) is 18.5 Å². The number of ether oxygens (including phenoxy) is 1. The normalized spacial score (nSPS) is 9.93. The number of fused-ring (bicyclic) bond motifs is 1. The van der Waals surface area contributed by atoms with Gasteiger partial charge < -0.3 is 10.1 Å². The molecule has 0 saturated carbocycles. The lowest BCUT2D eigenvalue weighted by Gasteiger charge is -2.08. The molecular weight excluding hydrogens is 192 g/mol. The Morgan fingerprint density at radius 1 is 1.47 bits per heavy atom. The van der Waals surface area contributed by atoms with Crippen LogP contribution < -0.4 is 10.1 Å². The van der Waals surface area contributed by atoms with E-state index in [1.807, 2.05) is 18.2 Å². The first-order valence-electron chi connectivity index (χ1n) is 4.48. The Balaban J connectivity index is 2.63. The number of nitrogens with zero attached hydrogens (tertiary/aromatic N) is 1. The number of methoxy groups -OCH3 is 1. The third kappa shape index (κ3) is 1.74. The fraction of sp³-hybridized carbons (Fsp3) is 0.0909. The summed E-state index contributed by atoms with van der Waals surface area (Å²) in [5.74, 6) is 0.627. The van der Waals surface area contributed by atoms with Crippen molar-refractivity contribution in [2.24, 2.45) is 0 Å². The summed E-state index contributed by atoms with van der Waals surface area (Å²) in [5, 5.41) is 3.55. The van der Waals surface area contributed by atoms with Gasteiger partial charge in [-0.2, -0.15) is 0 Å². The van der Waals surface area contributed by atoms with Gasteiger partial charge >= 0.3 is 0 Å². The summed E-state index contributed by atoms with van der Waals surface area (Å²) < 4.78 is 5.16. The summed E-state index contributed by atoms with van der Waals surface area (Å²) in [7, 11) is 1.56. The summed E-state index contributed by atoms with van der Waals surface area (Å²) >= 11 is 0. The molecular formula is C11H10N2O2.